The molecule has 21 heavy (non-hydrogen) atoms. The predicted molar refractivity (Wildman–Crippen MR) is 80.2 cm³/mol. The van der Waals surface area contributed by atoms with Crippen molar-refractivity contribution in [2.24, 2.45) is 11.7 Å². The number of pyridine rings is 1. The number of likely N-dealkylation sites (tertiary alicyclic amines) is 1. The van der Waals surface area contributed by atoms with E-state index in [2.05, 4.69) is 10.3 Å². The van der Waals surface area contributed by atoms with Crippen molar-refractivity contribution in [1.29, 1.82) is 0 Å². The summed E-state index contributed by atoms with van der Waals surface area (Å²) >= 11 is 0. The normalized spacial score (nSPS) is 17.9. The molecule has 0 radical (unpaired) electrons. The predicted octanol–water partition coefficient (Wildman–Crippen LogP) is 1.61. The Morgan fingerprint density at radius 2 is 2.10 bits per heavy atom. The first kappa shape index (κ1) is 15.7. The van der Waals surface area contributed by atoms with Crippen LogP contribution in [0.15, 0.2) is 18.3 Å². The Morgan fingerprint density at radius 1 is 1.43 bits per heavy atom. The second kappa shape index (κ2) is 6.85. The summed E-state index contributed by atoms with van der Waals surface area (Å²) in [6.07, 6.45) is 2.88. The molecular weight excluding hydrogens is 271 g/mol. The number of hydrogen-bond acceptors (Lipinski definition) is 4. The monoisotopic (exact) mass is 294 g/mol. The number of hydrogen-bond donors (Lipinski definition) is 2. The highest BCUT2D eigenvalue weighted by molar-refractivity contribution is 5.82. The van der Waals surface area contributed by atoms with Gasteiger partial charge >= 0.3 is 0 Å². The highest BCUT2D eigenvalue weighted by atomic mass is 19.1. The molecule has 0 unspecified atom stereocenters. The van der Waals surface area contributed by atoms with E-state index in [4.69, 9.17) is 5.73 Å². The van der Waals surface area contributed by atoms with Crippen molar-refractivity contribution in [3.8, 4) is 0 Å². The van der Waals surface area contributed by atoms with E-state index in [1.807, 2.05) is 18.7 Å². The molecule has 1 aliphatic heterocycles. The Bertz CT molecular complexity index is 469. The average Bonchev–Trinajstić information content (AvgIpc) is 2.49. The molecule has 0 bridgehead atoms. The molecule has 2 rings (SSSR count). The zero-order valence-corrected chi connectivity index (χ0v) is 12.6. The molecule has 116 valence electrons. The summed E-state index contributed by atoms with van der Waals surface area (Å²) in [7, 11) is 0. The van der Waals surface area contributed by atoms with Crippen molar-refractivity contribution in [1.82, 2.24) is 9.88 Å². The van der Waals surface area contributed by atoms with Crippen molar-refractivity contribution in [2.45, 2.75) is 38.8 Å². The van der Waals surface area contributed by atoms with Gasteiger partial charge in [0, 0.05) is 19.1 Å². The van der Waals surface area contributed by atoms with Gasteiger partial charge in [0.1, 0.15) is 11.6 Å². The molecule has 1 fully saturated rings. The molecule has 1 aromatic heterocycles. The van der Waals surface area contributed by atoms with Gasteiger partial charge in [-0.3, -0.25) is 4.79 Å². The minimum Gasteiger partial charge on any atom is -0.367 e. The van der Waals surface area contributed by atoms with Gasteiger partial charge in [0.15, 0.2) is 0 Å². The molecule has 1 atom stereocenters. The van der Waals surface area contributed by atoms with Gasteiger partial charge in [-0.2, -0.15) is 0 Å². The first-order valence-corrected chi connectivity index (χ1v) is 7.40. The lowest BCUT2D eigenvalue weighted by molar-refractivity contribution is -0.134. The van der Waals surface area contributed by atoms with Gasteiger partial charge in [0.2, 0.25) is 5.91 Å². The van der Waals surface area contributed by atoms with E-state index in [9.17, 15) is 9.18 Å². The molecule has 0 saturated carbocycles. The van der Waals surface area contributed by atoms with Crippen LogP contribution in [0.5, 0.6) is 0 Å². The van der Waals surface area contributed by atoms with Gasteiger partial charge in [0.25, 0.3) is 0 Å². The van der Waals surface area contributed by atoms with Crippen LogP contribution in [0.4, 0.5) is 10.2 Å². The molecule has 0 aliphatic carbocycles. The molecule has 6 heteroatoms. The van der Waals surface area contributed by atoms with Gasteiger partial charge in [-0.05, 0) is 30.9 Å². The maximum Gasteiger partial charge on any atom is 0.239 e. The van der Waals surface area contributed by atoms with Gasteiger partial charge in [-0.25, -0.2) is 9.37 Å². The van der Waals surface area contributed by atoms with Crippen LogP contribution in [0, 0.1) is 11.7 Å². The number of nitrogens with zero attached hydrogens (tertiary/aromatic N) is 2. The summed E-state index contributed by atoms with van der Waals surface area (Å²) in [6, 6.07) is 2.84. The summed E-state index contributed by atoms with van der Waals surface area (Å²) in [5.41, 5.74) is 5.91. The number of nitrogens with two attached hydrogens (primary N) is 1. The fraction of sp³-hybridized carbons (Fsp3) is 0.600. The lowest BCUT2D eigenvalue weighted by atomic mass is 10.0. The van der Waals surface area contributed by atoms with Crippen LogP contribution in [0.1, 0.15) is 26.7 Å². The highest BCUT2D eigenvalue weighted by Gasteiger charge is 2.27. The Labute approximate surface area is 124 Å². The lowest BCUT2D eigenvalue weighted by Gasteiger charge is -2.34. The van der Waals surface area contributed by atoms with Crippen LogP contribution in [0.25, 0.3) is 0 Å². The van der Waals surface area contributed by atoms with E-state index < -0.39 is 6.04 Å². The molecule has 1 aliphatic rings. The summed E-state index contributed by atoms with van der Waals surface area (Å²) in [5.74, 6) is 0.504. The minimum absolute atomic E-state index is 0.0309. The Balaban J connectivity index is 1.83. The largest absolute Gasteiger partial charge is 0.367 e. The van der Waals surface area contributed by atoms with E-state index >= 15 is 0 Å². The smallest absolute Gasteiger partial charge is 0.239 e. The number of piperidine rings is 1. The fourth-order valence-corrected chi connectivity index (χ4v) is 2.41. The minimum atomic E-state index is -0.423. The number of carbonyl (C=O) groups excluding carboxylic acids is 1. The number of amides is 1. The number of anilines is 1. The SMILES string of the molecule is CC(C)[C@H](N)C(=O)N1CCC(Nc2ccc(F)cn2)CC1. The van der Waals surface area contributed by atoms with Crippen LogP contribution in [-0.4, -0.2) is 41.0 Å². The summed E-state index contributed by atoms with van der Waals surface area (Å²) in [5, 5.41) is 3.27. The second-order valence-electron chi connectivity index (χ2n) is 5.88. The number of nitrogens with one attached hydrogen (secondary N) is 1. The summed E-state index contributed by atoms with van der Waals surface area (Å²) in [6.45, 7) is 5.30. The molecule has 5 nitrogen and oxygen atoms in total. The second-order valence-corrected chi connectivity index (χ2v) is 5.88. The fourth-order valence-electron chi connectivity index (χ4n) is 2.41. The molecule has 1 amide bonds. The summed E-state index contributed by atoms with van der Waals surface area (Å²) in [4.78, 5) is 18.0. The van der Waals surface area contributed by atoms with Crippen LogP contribution in [0.2, 0.25) is 0 Å². The zero-order chi connectivity index (χ0) is 15.4. The molecule has 0 spiro atoms. The van der Waals surface area contributed by atoms with E-state index in [1.165, 1.54) is 12.3 Å². The van der Waals surface area contributed by atoms with Crippen LogP contribution in [0.3, 0.4) is 0 Å². The maximum atomic E-state index is 12.8. The third-order valence-electron chi connectivity index (χ3n) is 3.89. The lowest BCUT2D eigenvalue weighted by Crippen LogP contribution is -2.50. The Kier molecular flexibility index (Phi) is 5.12. The van der Waals surface area contributed by atoms with Gasteiger partial charge in [-0.15, -0.1) is 0 Å². The van der Waals surface area contributed by atoms with E-state index in [0.29, 0.717) is 18.9 Å². The molecule has 1 aromatic rings. The summed E-state index contributed by atoms with van der Waals surface area (Å²) < 4.78 is 12.8. The molecule has 0 aromatic carbocycles. The zero-order valence-electron chi connectivity index (χ0n) is 12.6. The first-order valence-electron chi connectivity index (χ1n) is 7.40. The topological polar surface area (TPSA) is 71.2 Å². The highest BCUT2D eigenvalue weighted by Crippen LogP contribution is 2.17. The quantitative estimate of drug-likeness (QED) is 0.885. The molecule has 3 N–H and O–H groups in total. The Morgan fingerprint density at radius 3 is 2.62 bits per heavy atom. The Hall–Kier alpha value is -1.69. The van der Waals surface area contributed by atoms with Crippen molar-refractivity contribution >= 4 is 11.7 Å². The van der Waals surface area contributed by atoms with Crippen LogP contribution in [-0.2, 0) is 4.79 Å². The maximum absolute atomic E-state index is 12.8. The number of halogens is 1. The third-order valence-corrected chi connectivity index (χ3v) is 3.89. The van der Waals surface area contributed by atoms with Gasteiger partial charge in [-0.1, -0.05) is 13.8 Å². The first-order chi connectivity index (χ1) is 9.97. The number of aromatic nitrogens is 1. The van der Waals surface area contributed by atoms with Crippen molar-refractivity contribution < 1.29 is 9.18 Å². The molecule has 2 heterocycles. The van der Waals surface area contributed by atoms with E-state index in [1.54, 1.807) is 6.07 Å². The number of carbonyl (C=O) groups is 1. The van der Waals surface area contributed by atoms with E-state index in [0.717, 1.165) is 12.8 Å². The number of rotatable bonds is 4. The van der Waals surface area contributed by atoms with E-state index in [-0.39, 0.29) is 23.7 Å². The van der Waals surface area contributed by atoms with Gasteiger partial charge in [0.05, 0.1) is 12.2 Å². The van der Waals surface area contributed by atoms with Crippen LogP contribution >= 0.6 is 0 Å². The van der Waals surface area contributed by atoms with Crippen molar-refractivity contribution in [3.05, 3.63) is 24.1 Å². The molecule has 1 saturated heterocycles. The molecular formula is C15H23FN4O. The van der Waals surface area contributed by atoms with Crippen LogP contribution < -0.4 is 11.1 Å². The van der Waals surface area contributed by atoms with Gasteiger partial charge < -0.3 is 16.0 Å². The third kappa shape index (κ3) is 4.14. The van der Waals surface area contributed by atoms with Crippen molar-refractivity contribution in [3.63, 3.8) is 0 Å². The standard InChI is InChI=1S/C15H23FN4O/c1-10(2)14(17)15(21)20-7-5-12(6-8-20)19-13-4-3-11(16)9-18-13/h3-4,9-10,12,14H,5-8,17H2,1-2H3,(H,18,19)/t14-/m0/s1. The van der Waals surface area contributed by atoms with Crippen molar-refractivity contribution in [2.75, 3.05) is 18.4 Å². The average molecular weight is 294 g/mol.